The van der Waals surface area contributed by atoms with E-state index in [4.69, 9.17) is 14.2 Å². The Kier molecular flexibility index (Phi) is 7.68. The van der Waals surface area contributed by atoms with Gasteiger partial charge >= 0.3 is 6.18 Å². The zero-order valence-corrected chi connectivity index (χ0v) is 20.0. The molecule has 0 N–H and O–H groups in total. The van der Waals surface area contributed by atoms with E-state index >= 15 is 0 Å². The number of halogens is 3. The van der Waals surface area contributed by atoms with Crippen LogP contribution < -0.4 is 14.2 Å². The Morgan fingerprint density at radius 1 is 0.972 bits per heavy atom. The molecule has 36 heavy (non-hydrogen) atoms. The Bertz CT molecular complexity index is 1170. The zero-order chi connectivity index (χ0) is 25.7. The highest BCUT2D eigenvalue weighted by Crippen LogP contribution is 2.37. The summed E-state index contributed by atoms with van der Waals surface area (Å²) in [7, 11) is 3.07. The van der Waals surface area contributed by atoms with Gasteiger partial charge < -0.3 is 19.1 Å². The lowest BCUT2D eigenvalue weighted by Gasteiger charge is -2.34. The number of benzene rings is 2. The lowest BCUT2D eigenvalue weighted by atomic mass is 10.1. The topological polar surface area (TPSA) is 69.1 Å². The molecule has 4 rings (SSSR count). The van der Waals surface area contributed by atoms with E-state index < -0.39 is 11.7 Å². The molecule has 192 valence electrons. The third kappa shape index (κ3) is 5.91. The molecule has 0 saturated carbocycles. The number of carbonyl (C=O) groups is 1. The van der Waals surface area contributed by atoms with Crippen molar-refractivity contribution in [3.05, 3.63) is 71.5 Å². The highest BCUT2D eigenvalue weighted by Gasteiger charge is 2.30. The van der Waals surface area contributed by atoms with E-state index in [1.54, 1.807) is 41.4 Å². The smallest absolute Gasteiger partial charge is 0.416 e. The van der Waals surface area contributed by atoms with Crippen molar-refractivity contribution in [3.8, 4) is 17.2 Å². The summed E-state index contributed by atoms with van der Waals surface area (Å²) in [5.74, 6) is 1.26. The number of aromatic nitrogens is 2. The Morgan fingerprint density at radius 3 is 2.28 bits per heavy atom. The van der Waals surface area contributed by atoms with Gasteiger partial charge in [0.25, 0.3) is 5.91 Å². The Labute approximate surface area is 206 Å². The van der Waals surface area contributed by atoms with Crippen LogP contribution in [0, 0.1) is 0 Å². The molecular formula is C25H27F3N4O4. The minimum absolute atomic E-state index is 0.0504. The molecule has 1 aromatic heterocycles. The average molecular weight is 505 g/mol. The number of hydrogen-bond donors (Lipinski definition) is 0. The number of hydrogen-bond acceptors (Lipinski definition) is 6. The predicted octanol–water partition coefficient (Wildman–Crippen LogP) is 3.91. The molecular weight excluding hydrogens is 477 g/mol. The maximum atomic E-state index is 13.0. The first-order valence-electron chi connectivity index (χ1n) is 11.3. The number of rotatable bonds is 8. The van der Waals surface area contributed by atoms with Gasteiger partial charge in [0, 0.05) is 38.9 Å². The molecule has 11 heteroatoms. The van der Waals surface area contributed by atoms with Crippen LogP contribution in [0.5, 0.6) is 17.2 Å². The molecule has 8 nitrogen and oxygen atoms in total. The molecule has 0 bridgehead atoms. The van der Waals surface area contributed by atoms with Crippen LogP contribution in [-0.2, 0) is 19.5 Å². The van der Waals surface area contributed by atoms with E-state index in [1.807, 2.05) is 4.90 Å². The normalized spacial score (nSPS) is 14.5. The fraction of sp³-hybridized carbons (Fsp3) is 0.360. The van der Waals surface area contributed by atoms with E-state index in [0.29, 0.717) is 55.5 Å². The molecule has 1 aliphatic heterocycles. The second-order valence-electron chi connectivity index (χ2n) is 8.27. The van der Waals surface area contributed by atoms with E-state index in [1.165, 1.54) is 31.0 Å². The summed E-state index contributed by atoms with van der Waals surface area (Å²) in [6.45, 7) is 2.47. The summed E-state index contributed by atoms with van der Waals surface area (Å²) < 4.78 is 56.9. The number of carbonyl (C=O) groups excluding carboxylic acids is 1. The van der Waals surface area contributed by atoms with Crippen molar-refractivity contribution in [2.45, 2.75) is 19.5 Å². The van der Waals surface area contributed by atoms with Crippen molar-refractivity contribution >= 4 is 5.91 Å². The van der Waals surface area contributed by atoms with Crippen molar-refractivity contribution in [3.63, 3.8) is 0 Å². The van der Waals surface area contributed by atoms with Crippen molar-refractivity contribution in [2.75, 3.05) is 40.4 Å². The van der Waals surface area contributed by atoms with Crippen LogP contribution in [0.3, 0.4) is 0 Å². The van der Waals surface area contributed by atoms with Gasteiger partial charge in [0.2, 0.25) is 5.75 Å². The van der Waals surface area contributed by atoms with Crippen molar-refractivity contribution in [1.29, 1.82) is 0 Å². The molecule has 1 saturated heterocycles. The van der Waals surface area contributed by atoms with Crippen LogP contribution in [0.25, 0.3) is 0 Å². The number of methoxy groups -OCH3 is 2. The van der Waals surface area contributed by atoms with Crippen LogP contribution in [0.4, 0.5) is 13.2 Å². The predicted molar refractivity (Wildman–Crippen MR) is 125 cm³/mol. The highest BCUT2D eigenvalue weighted by atomic mass is 19.4. The average Bonchev–Trinajstić information content (AvgIpc) is 3.36. The number of alkyl halides is 3. The van der Waals surface area contributed by atoms with Gasteiger partial charge in [0.15, 0.2) is 23.9 Å². The molecule has 0 atom stereocenters. The lowest BCUT2D eigenvalue weighted by molar-refractivity contribution is -0.137. The first kappa shape index (κ1) is 25.4. The van der Waals surface area contributed by atoms with Gasteiger partial charge in [-0.3, -0.25) is 9.69 Å². The van der Waals surface area contributed by atoms with Gasteiger partial charge in [-0.05, 0) is 29.8 Å². The third-order valence-electron chi connectivity index (χ3n) is 5.90. The van der Waals surface area contributed by atoms with Gasteiger partial charge in [0.05, 0.1) is 19.8 Å². The first-order valence-corrected chi connectivity index (χ1v) is 11.3. The fourth-order valence-corrected chi connectivity index (χ4v) is 4.01. The Balaban J connectivity index is 1.31. The summed E-state index contributed by atoms with van der Waals surface area (Å²) in [5.41, 5.74) is 0.226. The Hall–Kier alpha value is -3.73. The summed E-state index contributed by atoms with van der Waals surface area (Å²) >= 11 is 0. The van der Waals surface area contributed by atoms with Crippen LogP contribution in [0.1, 0.15) is 21.6 Å². The standard InChI is InChI=1S/C25H27F3N4O4/c1-34-21-7-4-8-22(35-2)23(21)36-17-32-10-9-20(29-32)24(33)31-13-11-30(12-14-31)16-18-5-3-6-19(15-18)25(26,27)28/h3-10,15H,11-14,16-17H2,1-2H3. The first-order chi connectivity index (χ1) is 17.3. The maximum absolute atomic E-state index is 13.0. The molecule has 1 fully saturated rings. The van der Waals surface area contributed by atoms with Crippen LogP contribution in [0.2, 0.25) is 0 Å². The summed E-state index contributed by atoms with van der Waals surface area (Å²) in [6, 6.07) is 12.3. The minimum atomic E-state index is -4.37. The number of para-hydroxylation sites is 1. The molecule has 0 radical (unpaired) electrons. The van der Waals surface area contributed by atoms with Crippen LogP contribution in [-0.4, -0.2) is 65.9 Å². The second kappa shape index (κ2) is 10.9. The molecule has 0 unspecified atom stereocenters. The van der Waals surface area contributed by atoms with E-state index in [9.17, 15) is 18.0 Å². The summed E-state index contributed by atoms with van der Waals surface area (Å²) in [6.07, 6.45) is -2.71. The van der Waals surface area contributed by atoms with Gasteiger partial charge in [-0.1, -0.05) is 24.3 Å². The number of ether oxygens (including phenoxy) is 3. The lowest BCUT2D eigenvalue weighted by Crippen LogP contribution is -2.48. The van der Waals surface area contributed by atoms with Crippen LogP contribution in [0.15, 0.2) is 54.7 Å². The molecule has 2 heterocycles. The minimum Gasteiger partial charge on any atom is -0.493 e. The quantitative estimate of drug-likeness (QED) is 0.464. The van der Waals surface area contributed by atoms with Gasteiger partial charge in [-0.15, -0.1) is 0 Å². The monoisotopic (exact) mass is 504 g/mol. The highest BCUT2D eigenvalue weighted by molar-refractivity contribution is 5.92. The van der Waals surface area contributed by atoms with E-state index in [-0.39, 0.29) is 18.3 Å². The Morgan fingerprint density at radius 2 is 1.64 bits per heavy atom. The van der Waals surface area contributed by atoms with Crippen molar-refractivity contribution in [2.24, 2.45) is 0 Å². The number of nitrogens with zero attached hydrogens (tertiary/aromatic N) is 4. The third-order valence-corrected chi connectivity index (χ3v) is 5.90. The van der Waals surface area contributed by atoms with E-state index in [0.717, 1.165) is 6.07 Å². The largest absolute Gasteiger partial charge is 0.493 e. The molecule has 1 amide bonds. The number of piperazine rings is 1. The second-order valence-corrected chi connectivity index (χ2v) is 8.27. The van der Waals surface area contributed by atoms with E-state index in [2.05, 4.69) is 5.10 Å². The van der Waals surface area contributed by atoms with Crippen LogP contribution >= 0.6 is 0 Å². The fourth-order valence-electron chi connectivity index (χ4n) is 4.01. The summed E-state index contributed by atoms with van der Waals surface area (Å²) in [4.78, 5) is 16.7. The SMILES string of the molecule is COc1cccc(OC)c1OCn1ccc(C(=O)N2CCN(Cc3cccc(C(F)(F)F)c3)CC2)n1. The molecule has 0 spiro atoms. The molecule has 1 aliphatic rings. The van der Waals surface area contributed by atoms with Gasteiger partial charge in [0.1, 0.15) is 0 Å². The van der Waals surface area contributed by atoms with Crippen molar-refractivity contribution in [1.82, 2.24) is 19.6 Å². The number of amides is 1. The van der Waals surface area contributed by atoms with Crippen molar-refractivity contribution < 1.29 is 32.2 Å². The molecule has 0 aliphatic carbocycles. The molecule has 2 aromatic carbocycles. The molecule has 3 aromatic rings. The summed E-state index contributed by atoms with van der Waals surface area (Å²) in [5, 5.41) is 4.33. The van der Waals surface area contributed by atoms with Gasteiger partial charge in [-0.2, -0.15) is 18.3 Å². The maximum Gasteiger partial charge on any atom is 0.416 e. The van der Waals surface area contributed by atoms with Gasteiger partial charge in [-0.25, -0.2) is 4.68 Å². The zero-order valence-electron chi connectivity index (χ0n) is 20.0.